The van der Waals surface area contributed by atoms with Crippen LogP contribution in [0.1, 0.15) is 120 Å². The van der Waals surface area contributed by atoms with Gasteiger partial charge >= 0.3 is 18.1 Å². The fourth-order valence-corrected chi connectivity index (χ4v) is 2.31. The number of carbonyl (C=O) groups is 2. The van der Waals surface area contributed by atoms with Crippen molar-refractivity contribution in [1.29, 1.82) is 0 Å². The van der Waals surface area contributed by atoms with Crippen molar-refractivity contribution in [2.45, 2.75) is 132 Å². The molecule has 0 radical (unpaired) electrons. The first kappa shape index (κ1) is 37.1. The third-order valence-corrected chi connectivity index (χ3v) is 7.06. The summed E-state index contributed by atoms with van der Waals surface area (Å²) in [6, 6.07) is 9.10. The van der Waals surface area contributed by atoms with Crippen molar-refractivity contribution >= 4 is 11.9 Å². The quantitative estimate of drug-likeness (QED) is 0.356. The molecule has 216 valence electrons. The standard InChI is InChI=1S/C15H24.C9H15F3O2.C6H12O2/c1-7-15(5,6)13-10-8-12(9-11-13)14(2,3)4;1-5-8(3,4)7(13)14-6(2)9(10,11)12;1-4-6(2,3)5(7)8/h8-11H,7H2,1-6H3;6H,5H2,1-4H3;4H2,1-3H3,(H,7,8). The Bertz CT molecular complexity index is 830. The number of ether oxygens (including phenoxy) is 1. The highest BCUT2D eigenvalue weighted by Crippen LogP contribution is 2.30. The molecule has 0 heterocycles. The summed E-state index contributed by atoms with van der Waals surface area (Å²) in [7, 11) is 0. The molecule has 0 aliphatic rings. The lowest BCUT2D eigenvalue weighted by Gasteiger charge is -2.25. The molecule has 37 heavy (non-hydrogen) atoms. The lowest BCUT2D eigenvalue weighted by molar-refractivity contribution is -0.221. The first-order valence-electron chi connectivity index (χ1n) is 13.0. The number of esters is 1. The molecular weight excluding hydrogens is 481 g/mol. The fraction of sp³-hybridized carbons (Fsp3) is 0.733. The minimum atomic E-state index is -4.49. The highest BCUT2D eigenvalue weighted by Gasteiger charge is 2.41. The number of carboxylic acids is 1. The van der Waals surface area contributed by atoms with Crippen LogP contribution in [0.2, 0.25) is 0 Å². The Balaban J connectivity index is 0. The Hall–Kier alpha value is -2.05. The number of halogens is 3. The molecule has 0 bridgehead atoms. The van der Waals surface area contributed by atoms with Crippen LogP contribution in [0, 0.1) is 10.8 Å². The van der Waals surface area contributed by atoms with Gasteiger partial charge in [0.1, 0.15) is 0 Å². The zero-order valence-electron chi connectivity index (χ0n) is 25.3. The summed E-state index contributed by atoms with van der Waals surface area (Å²) in [5, 5.41) is 8.44. The van der Waals surface area contributed by atoms with Crippen LogP contribution in [-0.2, 0) is 25.2 Å². The molecule has 0 aliphatic heterocycles. The smallest absolute Gasteiger partial charge is 0.425 e. The lowest BCUT2D eigenvalue weighted by atomic mass is 9.80. The first-order valence-corrected chi connectivity index (χ1v) is 13.0. The first-order chi connectivity index (χ1) is 16.4. The fourth-order valence-electron chi connectivity index (χ4n) is 2.31. The summed E-state index contributed by atoms with van der Waals surface area (Å²) in [6.45, 7) is 24.6. The minimum absolute atomic E-state index is 0.259. The van der Waals surface area contributed by atoms with Crippen molar-refractivity contribution in [3.8, 4) is 0 Å². The predicted octanol–water partition coefficient (Wildman–Crippen LogP) is 9.10. The van der Waals surface area contributed by atoms with Crippen LogP contribution in [0.3, 0.4) is 0 Å². The van der Waals surface area contributed by atoms with E-state index in [1.54, 1.807) is 34.6 Å². The Kier molecular flexibility index (Phi) is 14.2. The number of aliphatic carboxylic acids is 1. The van der Waals surface area contributed by atoms with E-state index in [4.69, 9.17) is 5.11 Å². The van der Waals surface area contributed by atoms with E-state index < -0.39 is 35.0 Å². The summed E-state index contributed by atoms with van der Waals surface area (Å²) >= 11 is 0. The second kappa shape index (κ2) is 14.2. The Morgan fingerprint density at radius 2 is 1.14 bits per heavy atom. The van der Waals surface area contributed by atoms with Crippen molar-refractivity contribution in [3.63, 3.8) is 0 Å². The van der Waals surface area contributed by atoms with Gasteiger partial charge in [-0.05, 0) is 75.8 Å². The van der Waals surface area contributed by atoms with Crippen molar-refractivity contribution < 1.29 is 32.6 Å². The van der Waals surface area contributed by atoms with Crippen LogP contribution in [0.4, 0.5) is 13.2 Å². The lowest BCUT2D eigenvalue weighted by Crippen LogP contribution is -2.36. The maximum absolute atomic E-state index is 12.0. The van der Waals surface area contributed by atoms with Crippen molar-refractivity contribution in [2.75, 3.05) is 0 Å². The van der Waals surface area contributed by atoms with Crippen LogP contribution in [0.25, 0.3) is 0 Å². The molecule has 0 saturated heterocycles. The van der Waals surface area contributed by atoms with Gasteiger partial charge in [-0.3, -0.25) is 9.59 Å². The van der Waals surface area contributed by atoms with Crippen LogP contribution >= 0.6 is 0 Å². The molecule has 1 rings (SSSR count). The van der Waals surface area contributed by atoms with E-state index in [2.05, 4.69) is 70.5 Å². The zero-order valence-corrected chi connectivity index (χ0v) is 25.3. The summed E-state index contributed by atoms with van der Waals surface area (Å²) in [4.78, 5) is 21.5. The molecule has 7 heteroatoms. The molecule has 1 aromatic carbocycles. The molecule has 0 aliphatic carbocycles. The molecule has 1 N–H and O–H groups in total. The van der Waals surface area contributed by atoms with E-state index in [0.29, 0.717) is 18.3 Å². The summed E-state index contributed by atoms with van der Waals surface area (Å²) in [5.74, 6) is -1.54. The highest BCUT2D eigenvalue weighted by molar-refractivity contribution is 5.76. The molecule has 1 atom stereocenters. The summed E-state index contributed by atoms with van der Waals surface area (Å²) in [5.41, 5.74) is 2.02. The van der Waals surface area contributed by atoms with Crippen LogP contribution in [-0.4, -0.2) is 29.3 Å². The van der Waals surface area contributed by atoms with Gasteiger partial charge < -0.3 is 9.84 Å². The molecule has 0 fully saturated rings. The molecule has 0 aromatic heterocycles. The third kappa shape index (κ3) is 13.4. The number of benzene rings is 1. The zero-order chi connectivity index (χ0) is 30.0. The van der Waals surface area contributed by atoms with Crippen LogP contribution in [0.5, 0.6) is 0 Å². The number of carbonyl (C=O) groups excluding carboxylic acids is 1. The van der Waals surface area contributed by atoms with Crippen molar-refractivity contribution in [3.05, 3.63) is 35.4 Å². The minimum Gasteiger partial charge on any atom is -0.481 e. The maximum atomic E-state index is 12.0. The Labute approximate surface area is 223 Å². The maximum Gasteiger partial charge on any atom is 0.425 e. The molecule has 0 spiro atoms. The van der Waals surface area contributed by atoms with E-state index in [9.17, 15) is 22.8 Å². The molecule has 0 saturated carbocycles. The van der Waals surface area contributed by atoms with E-state index >= 15 is 0 Å². The second-order valence-corrected chi connectivity index (χ2v) is 12.4. The van der Waals surface area contributed by atoms with E-state index in [0.717, 1.165) is 6.92 Å². The van der Waals surface area contributed by atoms with Crippen LogP contribution < -0.4 is 0 Å². The van der Waals surface area contributed by atoms with Gasteiger partial charge in [-0.1, -0.05) is 79.7 Å². The highest BCUT2D eigenvalue weighted by atomic mass is 19.4. The molecule has 1 aromatic rings. The van der Waals surface area contributed by atoms with Gasteiger partial charge in [-0.15, -0.1) is 0 Å². The van der Waals surface area contributed by atoms with Crippen LogP contribution in [0.15, 0.2) is 24.3 Å². The number of carboxylic acid groups (broad SMARTS) is 1. The third-order valence-electron chi connectivity index (χ3n) is 7.06. The monoisotopic (exact) mass is 532 g/mol. The SMILES string of the molecule is CCC(C)(C)C(=O)O.CCC(C)(C)C(=O)OC(C)C(F)(F)F.CCC(C)(C)c1ccc(C(C)(C)C)cc1. The van der Waals surface area contributed by atoms with Gasteiger partial charge in [0.15, 0.2) is 6.10 Å². The van der Waals surface area contributed by atoms with Gasteiger partial charge in [-0.25, -0.2) is 0 Å². The van der Waals surface area contributed by atoms with Gasteiger partial charge in [0.2, 0.25) is 0 Å². The van der Waals surface area contributed by atoms with E-state index in [-0.39, 0.29) is 5.41 Å². The van der Waals surface area contributed by atoms with Gasteiger partial charge in [0.25, 0.3) is 0 Å². The Morgan fingerprint density at radius 1 is 0.757 bits per heavy atom. The number of hydrogen-bond acceptors (Lipinski definition) is 3. The van der Waals surface area contributed by atoms with Gasteiger partial charge in [0, 0.05) is 0 Å². The van der Waals surface area contributed by atoms with E-state index in [1.807, 2.05) is 6.92 Å². The van der Waals surface area contributed by atoms with Gasteiger partial charge in [0.05, 0.1) is 10.8 Å². The number of alkyl halides is 3. The number of hydrogen-bond donors (Lipinski definition) is 1. The van der Waals surface area contributed by atoms with E-state index in [1.165, 1.54) is 17.5 Å². The van der Waals surface area contributed by atoms with Crippen molar-refractivity contribution in [1.82, 2.24) is 0 Å². The number of rotatable bonds is 7. The summed E-state index contributed by atoms with van der Waals surface area (Å²) < 4.78 is 40.4. The molecular formula is C30H51F3O4. The molecule has 4 nitrogen and oxygen atoms in total. The topological polar surface area (TPSA) is 63.6 Å². The molecule has 1 unspecified atom stereocenters. The second-order valence-electron chi connectivity index (χ2n) is 12.4. The van der Waals surface area contributed by atoms with Crippen molar-refractivity contribution in [2.24, 2.45) is 10.8 Å². The summed E-state index contributed by atoms with van der Waals surface area (Å²) in [6.07, 6.45) is -4.22. The largest absolute Gasteiger partial charge is 0.481 e. The predicted molar refractivity (Wildman–Crippen MR) is 146 cm³/mol. The Morgan fingerprint density at radius 3 is 1.38 bits per heavy atom. The van der Waals surface area contributed by atoms with Gasteiger partial charge in [-0.2, -0.15) is 13.2 Å². The average molecular weight is 533 g/mol. The normalized spacial score (nSPS) is 13.4. The molecule has 0 amide bonds. The average Bonchev–Trinajstić information content (AvgIpc) is 2.78.